The number of ether oxygens (including phenoxy) is 1. The molecule has 0 saturated heterocycles. The number of pyridine rings is 1. The summed E-state index contributed by atoms with van der Waals surface area (Å²) in [5.74, 6) is 0.662. The Balaban J connectivity index is 1.34. The van der Waals surface area contributed by atoms with Gasteiger partial charge >= 0.3 is 0 Å². The van der Waals surface area contributed by atoms with Gasteiger partial charge < -0.3 is 19.6 Å². The molecule has 1 saturated carbocycles. The molecule has 0 amide bonds. The van der Waals surface area contributed by atoms with Crippen LogP contribution in [-0.4, -0.2) is 21.7 Å². The van der Waals surface area contributed by atoms with Gasteiger partial charge in [0.2, 0.25) is 0 Å². The Labute approximate surface area is 163 Å². The molecule has 2 aromatic heterocycles. The number of aromatic nitrogens is 2. The smallest absolute Gasteiger partial charge is 0.255 e. The van der Waals surface area contributed by atoms with Gasteiger partial charge in [-0.1, -0.05) is 11.6 Å². The van der Waals surface area contributed by atoms with E-state index in [0.717, 1.165) is 37.6 Å². The van der Waals surface area contributed by atoms with Gasteiger partial charge in [-0.2, -0.15) is 0 Å². The van der Waals surface area contributed by atoms with Crippen LogP contribution in [0.1, 0.15) is 31.2 Å². The second kappa shape index (κ2) is 7.79. The highest BCUT2D eigenvalue weighted by molar-refractivity contribution is 6.32. The molecule has 2 heterocycles. The second-order valence-corrected chi connectivity index (χ2v) is 7.74. The predicted octanol–water partition coefficient (Wildman–Crippen LogP) is 4.00. The Hall–Kier alpha value is -2.24. The van der Waals surface area contributed by atoms with E-state index in [1.54, 1.807) is 12.3 Å². The highest BCUT2D eigenvalue weighted by Gasteiger charge is 2.23. The highest BCUT2D eigenvalue weighted by Crippen LogP contribution is 2.32. The maximum Gasteiger partial charge on any atom is 0.255 e. The minimum Gasteiger partial charge on any atom is -0.489 e. The maximum absolute atomic E-state index is 11.9. The summed E-state index contributed by atoms with van der Waals surface area (Å²) in [5.41, 5.74) is 1.18. The third kappa shape index (κ3) is 4.20. The van der Waals surface area contributed by atoms with Crippen molar-refractivity contribution in [2.45, 2.75) is 44.4 Å². The number of benzene rings is 1. The van der Waals surface area contributed by atoms with E-state index in [-0.39, 0.29) is 11.7 Å². The Morgan fingerprint density at radius 1 is 1.26 bits per heavy atom. The minimum atomic E-state index is -0.133. The fourth-order valence-electron chi connectivity index (χ4n) is 3.77. The van der Waals surface area contributed by atoms with Gasteiger partial charge in [-0.25, -0.2) is 0 Å². The quantitative estimate of drug-likeness (QED) is 0.697. The molecule has 4 rings (SSSR count). The van der Waals surface area contributed by atoms with Crippen LogP contribution in [0.15, 0.2) is 47.7 Å². The van der Waals surface area contributed by atoms with Crippen molar-refractivity contribution in [3.05, 3.63) is 63.8 Å². The number of hydrogen-bond donors (Lipinski definition) is 2. The molecular formula is C21H24ClN3O2. The number of rotatable bonds is 5. The van der Waals surface area contributed by atoms with Gasteiger partial charge in [0.25, 0.3) is 5.56 Å². The number of nitrogens with zero attached hydrogens (tertiary/aromatic N) is 1. The predicted molar refractivity (Wildman–Crippen MR) is 109 cm³/mol. The summed E-state index contributed by atoms with van der Waals surface area (Å²) in [4.78, 5) is 14.5. The summed E-state index contributed by atoms with van der Waals surface area (Å²) in [5, 5.41) is 5.56. The second-order valence-electron chi connectivity index (χ2n) is 7.33. The molecule has 1 aliphatic rings. The fraction of sp³-hybridized carbons (Fsp3) is 0.381. The van der Waals surface area contributed by atoms with E-state index in [1.807, 2.05) is 19.2 Å². The number of halogens is 1. The topological polar surface area (TPSA) is 59.1 Å². The van der Waals surface area contributed by atoms with Crippen LogP contribution in [0.5, 0.6) is 5.75 Å². The SMILES string of the molecule is Cn1ccc(CNC2CCC(Oc3cc4cc[nH]c(=O)c4cc3Cl)CC2)c1. The van der Waals surface area contributed by atoms with E-state index in [2.05, 4.69) is 33.3 Å². The number of fused-ring (bicyclic) bond motifs is 1. The first kappa shape index (κ1) is 18.1. The van der Waals surface area contributed by atoms with Crippen molar-refractivity contribution >= 4 is 22.4 Å². The molecule has 1 aliphatic carbocycles. The Morgan fingerprint density at radius 2 is 2.07 bits per heavy atom. The number of nitrogens with one attached hydrogen (secondary N) is 2. The van der Waals surface area contributed by atoms with Crippen LogP contribution in [0.25, 0.3) is 10.8 Å². The maximum atomic E-state index is 11.9. The van der Waals surface area contributed by atoms with Crippen molar-refractivity contribution in [3.8, 4) is 5.75 Å². The summed E-state index contributed by atoms with van der Waals surface area (Å²) < 4.78 is 8.25. The molecule has 0 aliphatic heterocycles. The molecule has 6 heteroatoms. The Bertz CT molecular complexity index is 987. The standard InChI is InChI=1S/C21H24ClN3O2/c1-25-9-7-14(13-25)12-24-16-2-4-17(5-3-16)27-20-10-15-6-8-23-21(26)18(15)11-19(20)22/h6-11,13,16-17,24H,2-5,12H2,1H3,(H,23,26). The third-order valence-electron chi connectivity index (χ3n) is 5.28. The van der Waals surface area contributed by atoms with Crippen LogP contribution >= 0.6 is 11.6 Å². The first-order valence-corrected chi connectivity index (χ1v) is 9.78. The largest absolute Gasteiger partial charge is 0.489 e. The summed E-state index contributed by atoms with van der Waals surface area (Å²) in [6.45, 7) is 0.905. The van der Waals surface area contributed by atoms with Gasteiger partial charge in [-0.15, -0.1) is 0 Å². The van der Waals surface area contributed by atoms with Crippen LogP contribution < -0.4 is 15.6 Å². The first-order valence-electron chi connectivity index (χ1n) is 9.40. The number of aromatic amines is 1. The van der Waals surface area contributed by atoms with Crippen LogP contribution in [0, 0.1) is 0 Å². The summed E-state index contributed by atoms with van der Waals surface area (Å²) in [7, 11) is 2.04. The molecule has 1 aromatic carbocycles. The van der Waals surface area contributed by atoms with Crippen molar-refractivity contribution in [3.63, 3.8) is 0 Å². The van der Waals surface area contributed by atoms with Gasteiger partial charge in [-0.3, -0.25) is 4.79 Å². The molecular weight excluding hydrogens is 362 g/mol. The zero-order chi connectivity index (χ0) is 18.8. The summed E-state index contributed by atoms with van der Waals surface area (Å²) in [6, 6.07) is 8.10. The van der Waals surface area contributed by atoms with E-state index in [9.17, 15) is 4.79 Å². The van der Waals surface area contributed by atoms with Gasteiger partial charge in [0.05, 0.1) is 11.1 Å². The van der Waals surface area contributed by atoms with E-state index < -0.39 is 0 Å². The van der Waals surface area contributed by atoms with E-state index in [0.29, 0.717) is 22.2 Å². The fourth-order valence-corrected chi connectivity index (χ4v) is 3.98. The molecule has 0 bridgehead atoms. The van der Waals surface area contributed by atoms with Crippen molar-refractivity contribution in [2.75, 3.05) is 0 Å². The monoisotopic (exact) mass is 385 g/mol. The van der Waals surface area contributed by atoms with E-state index in [1.165, 1.54) is 5.56 Å². The van der Waals surface area contributed by atoms with Crippen LogP contribution in [-0.2, 0) is 13.6 Å². The Morgan fingerprint density at radius 3 is 2.81 bits per heavy atom. The van der Waals surface area contributed by atoms with Gasteiger partial charge in [0, 0.05) is 43.6 Å². The van der Waals surface area contributed by atoms with E-state index in [4.69, 9.17) is 16.3 Å². The normalized spacial score (nSPS) is 20.1. The van der Waals surface area contributed by atoms with Gasteiger partial charge in [0.15, 0.2) is 0 Å². The molecule has 2 N–H and O–H groups in total. The average molecular weight is 386 g/mol. The van der Waals surface area contributed by atoms with Crippen molar-refractivity contribution < 1.29 is 4.74 Å². The van der Waals surface area contributed by atoms with Crippen molar-refractivity contribution in [1.82, 2.24) is 14.9 Å². The summed E-state index contributed by atoms with van der Waals surface area (Å²) in [6.07, 6.45) is 10.2. The summed E-state index contributed by atoms with van der Waals surface area (Å²) >= 11 is 6.35. The zero-order valence-corrected chi connectivity index (χ0v) is 16.1. The molecule has 0 unspecified atom stereocenters. The first-order chi connectivity index (χ1) is 13.1. The van der Waals surface area contributed by atoms with Gasteiger partial charge in [-0.05, 0) is 60.9 Å². The molecule has 27 heavy (non-hydrogen) atoms. The van der Waals surface area contributed by atoms with Crippen LogP contribution in [0.2, 0.25) is 5.02 Å². The lowest BCUT2D eigenvalue weighted by Gasteiger charge is -2.30. The molecule has 0 atom stereocenters. The average Bonchev–Trinajstić information content (AvgIpc) is 3.08. The number of H-pyrrole nitrogens is 1. The molecule has 0 spiro atoms. The molecule has 3 aromatic rings. The van der Waals surface area contributed by atoms with Crippen LogP contribution in [0.3, 0.4) is 0 Å². The molecule has 5 nitrogen and oxygen atoms in total. The molecule has 1 fully saturated rings. The number of hydrogen-bond acceptors (Lipinski definition) is 3. The van der Waals surface area contributed by atoms with E-state index >= 15 is 0 Å². The molecule has 0 radical (unpaired) electrons. The van der Waals surface area contributed by atoms with Crippen molar-refractivity contribution in [1.29, 1.82) is 0 Å². The number of aryl methyl sites for hydroxylation is 1. The van der Waals surface area contributed by atoms with Gasteiger partial charge in [0.1, 0.15) is 5.75 Å². The Kier molecular flexibility index (Phi) is 5.23. The van der Waals surface area contributed by atoms with Crippen molar-refractivity contribution in [2.24, 2.45) is 7.05 Å². The third-order valence-corrected chi connectivity index (χ3v) is 5.58. The minimum absolute atomic E-state index is 0.133. The lowest BCUT2D eigenvalue weighted by atomic mass is 9.93. The lowest BCUT2D eigenvalue weighted by Crippen LogP contribution is -2.35. The zero-order valence-electron chi connectivity index (χ0n) is 15.4. The lowest BCUT2D eigenvalue weighted by molar-refractivity contribution is 0.139. The molecule has 142 valence electrons. The van der Waals surface area contributed by atoms with Crippen LogP contribution in [0.4, 0.5) is 0 Å². The highest BCUT2D eigenvalue weighted by atomic mass is 35.5.